The SMILES string of the molecule is CC1(CC2(C)CCCCC2)CCCCC1. The lowest BCUT2D eigenvalue weighted by Gasteiger charge is -2.43. The zero-order valence-corrected chi connectivity index (χ0v) is 10.8. The van der Waals surface area contributed by atoms with Crippen molar-refractivity contribution in [1.82, 2.24) is 0 Å². The fourth-order valence-corrected chi connectivity index (χ4v) is 4.19. The Bertz CT molecular complexity index is 170. The Kier molecular flexibility index (Phi) is 3.42. The molecule has 0 heteroatoms. The highest BCUT2D eigenvalue weighted by Gasteiger charge is 2.36. The maximum absolute atomic E-state index is 2.56. The molecular formula is C15H28. The van der Waals surface area contributed by atoms with Gasteiger partial charge in [-0.05, 0) is 42.9 Å². The van der Waals surface area contributed by atoms with E-state index < -0.39 is 0 Å². The van der Waals surface area contributed by atoms with Crippen molar-refractivity contribution in [2.24, 2.45) is 10.8 Å². The molecule has 0 bridgehead atoms. The van der Waals surface area contributed by atoms with Crippen LogP contribution in [-0.4, -0.2) is 0 Å². The van der Waals surface area contributed by atoms with Crippen LogP contribution < -0.4 is 0 Å². The van der Waals surface area contributed by atoms with Crippen molar-refractivity contribution in [3.8, 4) is 0 Å². The molecule has 0 radical (unpaired) electrons. The quantitative estimate of drug-likeness (QED) is 0.576. The fourth-order valence-electron chi connectivity index (χ4n) is 4.19. The van der Waals surface area contributed by atoms with Gasteiger partial charge in [-0.25, -0.2) is 0 Å². The van der Waals surface area contributed by atoms with Crippen LogP contribution in [0.15, 0.2) is 0 Å². The predicted molar refractivity (Wildman–Crippen MR) is 67.0 cm³/mol. The Labute approximate surface area is 95.8 Å². The second-order valence-corrected chi connectivity index (χ2v) is 6.92. The summed E-state index contributed by atoms with van der Waals surface area (Å²) < 4.78 is 0. The first-order valence-electron chi connectivity index (χ1n) is 7.12. The monoisotopic (exact) mass is 208 g/mol. The van der Waals surface area contributed by atoms with Crippen LogP contribution in [0.3, 0.4) is 0 Å². The van der Waals surface area contributed by atoms with Gasteiger partial charge in [-0.15, -0.1) is 0 Å². The molecule has 0 N–H and O–H groups in total. The normalized spacial score (nSPS) is 30.0. The highest BCUT2D eigenvalue weighted by atomic mass is 14.4. The zero-order chi connectivity index (χ0) is 10.8. The first-order chi connectivity index (χ1) is 7.12. The van der Waals surface area contributed by atoms with Crippen molar-refractivity contribution >= 4 is 0 Å². The molecule has 2 aliphatic carbocycles. The molecule has 0 saturated heterocycles. The molecule has 0 aliphatic heterocycles. The Morgan fingerprint density at radius 1 is 0.600 bits per heavy atom. The van der Waals surface area contributed by atoms with Crippen LogP contribution in [0.1, 0.15) is 84.5 Å². The van der Waals surface area contributed by atoms with Gasteiger partial charge in [-0.1, -0.05) is 52.4 Å². The molecule has 2 rings (SSSR count). The van der Waals surface area contributed by atoms with E-state index in [-0.39, 0.29) is 0 Å². The second-order valence-electron chi connectivity index (χ2n) is 6.92. The van der Waals surface area contributed by atoms with Crippen molar-refractivity contribution in [2.45, 2.75) is 84.5 Å². The van der Waals surface area contributed by atoms with E-state index in [0.29, 0.717) is 10.8 Å². The third kappa shape index (κ3) is 2.98. The number of hydrogen-bond donors (Lipinski definition) is 0. The number of hydrogen-bond acceptors (Lipinski definition) is 0. The molecule has 15 heavy (non-hydrogen) atoms. The minimum Gasteiger partial charge on any atom is -0.0596 e. The molecule has 0 atom stereocenters. The van der Waals surface area contributed by atoms with Crippen molar-refractivity contribution < 1.29 is 0 Å². The van der Waals surface area contributed by atoms with Crippen LogP contribution in [0, 0.1) is 10.8 Å². The van der Waals surface area contributed by atoms with E-state index >= 15 is 0 Å². The van der Waals surface area contributed by atoms with Gasteiger partial charge in [0.1, 0.15) is 0 Å². The zero-order valence-electron chi connectivity index (χ0n) is 10.8. The predicted octanol–water partition coefficient (Wildman–Crippen LogP) is 5.32. The van der Waals surface area contributed by atoms with E-state index in [1.54, 1.807) is 0 Å². The standard InChI is InChI=1S/C15H28/c1-14(9-5-3-6-10-14)13-15(2)11-7-4-8-12-15/h3-13H2,1-2H3. The van der Waals surface area contributed by atoms with Crippen molar-refractivity contribution in [3.63, 3.8) is 0 Å². The Balaban J connectivity index is 1.93. The minimum atomic E-state index is 0.699. The van der Waals surface area contributed by atoms with Gasteiger partial charge in [0.05, 0.1) is 0 Å². The summed E-state index contributed by atoms with van der Waals surface area (Å²) >= 11 is 0. The van der Waals surface area contributed by atoms with Gasteiger partial charge in [-0.3, -0.25) is 0 Å². The second kappa shape index (κ2) is 4.47. The Hall–Kier alpha value is 0. The average molecular weight is 208 g/mol. The summed E-state index contributed by atoms with van der Waals surface area (Å²) in [4.78, 5) is 0. The lowest BCUT2D eigenvalue weighted by atomic mass is 9.62. The van der Waals surface area contributed by atoms with E-state index in [9.17, 15) is 0 Å². The summed E-state index contributed by atoms with van der Waals surface area (Å²) in [5.41, 5.74) is 1.40. The smallest absolute Gasteiger partial charge is 0.0321 e. The fraction of sp³-hybridized carbons (Fsp3) is 1.00. The first kappa shape index (κ1) is 11.5. The molecule has 0 heterocycles. The van der Waals surface area contributed by atoms with Gasteiger partial charge in [0.15, 0.2) is 0 Å². The molecule has 0 aromatic rings. The highest BCUT2D eigenvalue weighted by Crippen LogP contribution is 2.49. The van der Waals surface area contributed by atoms with Crippen LogP contribution in [0.25, 0.3) is 0 Å². The third-order valence-electron chi connectivity index (χ3n) is 4.97. The Morgan fingerprint density at radius 2 is 0.933 bits per heavy atom. The van der Waals surface area contributed by atoms with Crippen LogP contribution in [0.4, 0.5) is 0 Å². The third-order valence-corrected chi connectivity index (χ3v) is 4.97. The van der Waals surface area contributed by atoms with E-state index in [1.165, 1.54) is 70.6 Å². The van der Waals surface area contributed by atoms with Gasteiger partial charge < -0.3 is 0 Å². The van der Waals surface area contributed by atoms with Crippen LogP contribution >= 0.6 is 0 Å². The molecule has 2 saturated carbocycles. The molecular weight excluding hydrogens is 180 g/mol. The largest absolute Gasteiger partial charge is 0.0596 e. The van der Waals surface area contributed by atoms with Crippen LogP contribution in [-0.2, 0) is 0 Å². The van der Waals surface area contributed by atoms with Gasteiger partial charge in [-0.2, -0.15) is 0 Å². The molecule has 0 amide bonds. The van der Waals surface area contributed by atoms with Crippen LogP contribution in [0.5, 0.6) is 0 Å². The lowest BCUT2D eigenvalue weighted by molar-refractivity contribution is 0.0824. The van der Waals surface area contributed by atoms with E-state index in [4.69, 9.17) is 0 Å². The van der Waals surface area contributed by atoms with Gasteiger partial charge in [0.2, 0.25) is 0 Å². The molecule has 2 fully saturated rings. The molecule has 0 nitrogen and oxygen atoms in total. The molecule has 0 spiro atoms. The summed E-state index contributed by atoms with van der Waals surface area (Å²) in [6.45, 7) is 5.12. The highest BCUT2D eigenvalue weighted by molar-refractivity contribution is 4.88. The molecule has 0 aromatic heterocycles. The van der Waals surface area contributed by atoms with Gasteiger partial charge >= 0.3 is 0 Å². The molecule has 0 unspecified atom stereocenters. The lowest BCUT2D eigenvalue weighted by Crippen LogP contribution is -2.31. The molecule has 2 aliphatic rings. The van der Waals surface area contributed by atoms with Gasteiger partial charge in [0.25, 0.3) is 0 Å². The molecule has 0 aromatic carbocycles. The van der Waals surface area contributed by atoms with E-state index in [0.717, 1.165) is 0 Å². The Morgan fingerprint density at radius 3 is 1.27 bits per heavy atom. The minimum absolute atomic E-state index is 0.699. The first-order valence-corrected chi connectivity index (χ1v) is 7.12. The van der Waals surface area contributed by atoms with E-state index in [1.807, 2.05) is 0 Å². The summed E-state index contributed by atoms with van der Waals surface area (Å²) in [5, 5.41) is 0. The van der Waals surface area contributed by atoms with Crippen molar-refractivity contribution in [2.75, 3.05) is 0 Å². The van der Waals surface area contributed by atoms with Crippen molar-refractivity contribution in [3.05, 3.63) is 0 Å². The van der Waals surface area contributed by atoms with Crippen LogP contribution in [0.2, 0.25) is 0 Å². The summed E-state index contributed by atoms with van der Waals surface area (Å²) in [6.07, 6.45) is 16.5. The topological polar surface area (TPSA) is 0 Å². The maximum Gasteiger partial charge on any atom is -0.0321 e. The number of rotatable bonds is 2. The van der Waals surface area contributed by atoms with Crippen molar-refractivity contribution in [1.29, 1.82) is 0 Å². The molecule has 88 valence electrons. The summed E-state index contributed by atoms with van der Waals surface area (Å²) in [7, 11) is 0. The summed E-state index contributed by atoms with van der Waals surface area (Å²) in [5.74, 6) is 0. The maximum atomic E-state index is 2.56. The van der Waals surface area contributed by atoms with E-state index in [2.05, 4.69) is 13.8 Å². The van der Waals surface area contributed by atoms with Gasteiger partial charge in [0, 0.05) is 0 Å². The average Bonchev–Trinajstić information content (AvgIpc) is 2.18. The summed E-state index contributed by atoms with van der Waals surface area (Å²) in [6, 6.07) is 0.